The largest absolute Gasteiger partial charge is 0.214 e. The van der Waals surface area contributed by atoms with Crippen molar-refractivity contribution >= 4 is 8.78 Å². The third kappa shape index (κ3) is 7.02. The fraction of sp³-hybridized carbons (Fsp3) is 0.596. The summed E-state index contributed by atoms with van der Waals surface area (Å²) in [5.74, 6) is 4.33. The van der Waals surface area contributed by atoms with Crippen LogP contribution in [-0.2, 0) is 30.7 Å². The maximum absolute atomic E-state index is 2.62. The summed E-state index contributed by atoms with van der Waals surface area (Å²) < 4.78 is 1.97. The SMILES string of the molecule is C[C-]1C2=C3Cc4ccccc4C3=C3C=CCCC3C2(C)C(C)(C)C(C)(C)C1(C)C.[Cl-].[Cl-].[Zr+2]=[C](C1CCCCC1)C1CCCCC1.c1cc[cH-]c1. The van der Waals surface area contributed by atoms with Gasteiger partial charge in [-0.3, -0.25) is 0 Å². The third-order valence-electron chi connectivity index (χ3n) is 15.4. The second-order valence-electron chi connectivity index (χ2n) is 17.8. The summed E-state index contributed by atoms with van der Waals surface area (Å²) in [4.78, 5) is 0. The second-order valence-corrected chi connectivity index (χ2v) is 19.3. The van der Waals surface area contributed by atoms with Gasteiger partial charge in [0, 0.05) is 0 Å². The molecule has 0 N–H and O–H groups in total. The summed E-state index contributed by atoms with van der Waals surface area (Å²) in [5, 5.41) is 0. The molecule has 0 saturated heterocycles. The molecule has 6 aliphatic rings. The number of fused-ring (bicyclic) bond motifs is 6. The van der Waals surface area contributed by atoms with Crippen molar-refractivity contribution in [2.45, 2.75) is 139 Å². The standard InChI is InChI=1S/C29H37.C13H22.C5H5.2ClH.Zr/c1-18-25-22-17-19-13-9-10-14-20(19)24(22)21-15-11-12-16-23(21)29(25,8)28(6,7)27(4,5)26(18,2)3;1-3-7-12(8-4-1)11-13-9-5-2-6-10-13;1-2-4-5-3-1;;;/h9-11,13-15,23H,12,16-17H2,1-8H3;12-13H,1-10H2;1-5H;2*1H;/q-1;;-1;;;+2/p-2. The second kappa shape index (κ2) is 16.6. The molecular formula is C47H64Cl2Zr-2. The molecule has 0 aromatic heterocycles. The first-order valence-corrected chi connectivity index (χ1v) is 20.9. The van der Waals surface area contributed by atoms with Crippen LogP contribution in [0.5, 0.6) is 0 Å². The first kappa shape index (κ1) is 41.7. The van der Waals surface area contributed by atoms with Crippen LogP contribution in [0.25, 0.3) is 5.57 Å². The Morgan fingerprint density at radius 2 is 1.30 bits per heavy atom. The van der Waals surface area contributed by atoms with Gasteiger partial charge in [0.2, 0.25) is 0 Å². The van der Waals surface area contributed by atoms with E-state index >= 15 is 0 Å². The molecule has 2 aromatic carbocycles. The normalized spacial score (nSPS) is 27.5. The van der Waals surface area contributed by atoms with Crippen molar-refractivity contribution in [3.05, 3.63) is 101 Å². The van der Waals surface area contributed by atoms with Crippen molar-refractivity contribution in [3.63, 3.8) is 0 Å². The summed E-state index contributed by atoms with van der Waals surface area (Å²) in [6.45, 7) is 20.3. The summed E-state index contributed by atoms with van der Waals surface area (Å²) in [6.07, 6.45) is 23.6. The van der Waals surface area contributed by atoms with Crippen LogP contribution >= 0.6 is 0 Å². The van der Waals surface area contributed by atoms with Crippen LogP contribution in [0.3, 0.4) is 0 Å². The smallest absolute Gasteiger partial charge is 0.172 e. The average molecular weight is 791 g/mol. The summed E-state index contributed by atoms with van der Waals surface area (Å²) in [6, 6.07) is 19.2. The number of allylic oxidation sites excluding steroid dienone is 6. The molecule has 0 heterocycles. The Morgan fingerprint density at radius 1 is 0.740 bits per heavy atom. The Bertz CT molecular complexity index is 1500. The first-order chi connectivity index (χ1) is 22.9. The Hall–Kier alpha value is -1.01. The maximum Gasteiger partial charge on any atom is -0.172 e. The van der Waals surface area contributed by atoms with Crippen LogP contribution in [0.1, 0.15) is 144 Å². The van der Waals surface area contributed by atoms with Crippen LogP contribution in [-0.4, -0.2) is 3.21 Å². The van der Waals surface area contributed by atoms with Gasteiger partial charge in [0.25, 0.3) is 0 Å². The molecule has 8 rings (SSSR count). The molecule has 6 aliphatic carbocycles. The number of benzene rings is 1. The van der Waals surface area contributed by atoms with E-state index in [-0.39, 0.29) is 46.5 Å². The van der Waals surface area contributed by atoms with E-state index in [1.165, 1.54) is 88.2 Å². The number of halogens is 2. The number of hydrogen-bond acceptors (Lipinski definition) is 0. The molecule has 0 spiro atoms. The van der Waals surface area contributed by atoms with Gasteiger partial charge in [0.15, 0.2) is 0 Å². The Labute approximate surface area is 334 Å². The van der Waals surface area contributed by atoms with Crippen molar-refractivity contribution in [1.29, 1.82) is 0 Å². The molecule has 0 nitrogen and oxygen atoms in total. The molecule has 272 valence electrons. The van der Waals surface area contributed by atoms with Gasteiger partial charge in [-0.25, -0.2) is 18.1 Å². The van der Waals surface area contributed by atoms with E-state index in [0.29, 0.717) is 5.92 Å². The summed E-state index contributed by atoms with van der Waals surface area (Å²) >= 11 is 1.77. The van der Waals surface area contributed by atoms with Crippen LogP contribution in [0.4, 0.5) is 0 Å². The quantitative estimate of drug-likeness (QED) is 0.282. The van der Waals surface area contributed by atoms with Crippen LogP contribution in [0.2, 0.25) is 0 Å². The predicted octanol–water partition coefficient (Wildman–Crippen LogP) is 7.25. The van der Waals surface area contributed by atoms with Gasteiger partial charge in [0.1, 0.15) is 0 Å². The van der Waals surface area contributed by atoms with E-state index < -0.39 is 0 Å². The van der Waals surface area contributed by atoms with Gasteiger partial charge in [-0.05, 0) is 40.6 Å². The zero-order valence-electron chi connectivity index (χ0n) is 32.5. The van der Waals surface area contributed by atoms with E-state index in [0.717, 1.165) is 18.3 Å². The molecule has 2 aromatic rings. The van der Waals surface area contributed by atoms with E-state index in [9.17, 15) is 0 Å². The summed E-state index contributed by atoms with van der Waals surface area (Å²) in [5.41, 5.74) is 10.3. The molecule has 0 aliphatic heterocycles. The topological polar surface area (TPSA) is 0 Å². The molecule has 50 heavy (non-hydrogen) atoms. The Kier molecular flexibility index (Phi) is 13.8. The molecule has 0 radical (unpaired) electrons. The molecule has 0 bridgehead atoms. The minimum Gasteiger partial charge on any atom is -0.214 e. The zero-order chi connectivity index (χ0) is 34.3. The Balaban J connectivity index is 0.000000223. The van der Waals surface area contributed by atoms with Crippen molar-refractivity contribution in [3.8, 4) is 0 Å². The molecule has 2 atom stereocenters. The zero-order valence-corrected chi connectivity index (χ0v) is 36.5. The van der Waals surface area contributed by atoms with Gasteiger partial charge in [-0.1, -0.05) is 113 Å². The van der Waals surface area contributed by atoms with E-state index in [1.807, 2.05) is 33.5 Å². The molecular weight excluding hydrogens is 727 g/mol. The van der Waals surface area contributed by atoms with Gasteiger partial charge in [-0.2, -0.15) is 29.3 Å². The van der Waals surface area contributed by atoms with Gasteiger partial charge >= 0.3 is 103 Å². The third-order valence-corrected chi connectivity index (χ3v) is 17.4. The van der Waals surface area contributed by atoms with E-state index in [1.54, 1.807) is 52.4 Å². The van der Waals surface area contributed by atoms with Crippen molar-refractivity contribution in [1.82, 2.24) is 0 Å². The number of hydrogen-bond donors (Lipinski definition) is 0. The van der Waals surface area contributed by atoms with E-state index in [4.69, 9.17) is 0 Å². The van der Waals surface area contributed by atoms with E-state index in [2.05, 4.69) is 91.8 Å². The van der Waals surface area contributed by atoms with Gasteiger partial charge in [0.05, 0.1) is 0 Å². The molecule has 3 saturated carbocycles. The van der Waals surface area contributed by atoms with Gasteiger partial charge in [-0.15, -0.1) is 6.92 Å². The van der Waals surface area contributed by atoms with Gasteiger partial charge < -0.3 is 24.8 Å². The number of rotatable bonds is 2. The molecule has 3 fully saturated rings. The summed E-state index contributed by atoms with van der Waals surface area (Å²) in [7, 11) is 0. The predicted molar refractivity (Wildman–Crippen MR) is 205 cm³/mol. The monoisotopic (exact) mass is 788 g/mol. The van der Waals surface area contributed by atoms with Crippen LogP contribution in [0, 0.1) is 45.3 Å². The molecule has 2 unspecified atom stereocenters. The minimum absolute atomic E-state index is 0. The molecule has 0 amide bonds. The minimum atomic E-state index is 0. The average Bonchev–Trinajstić information content (AvgIpc) is 3.81. The van der Waals surface area contributed by atoms with Crippen molar-refractivity contribution in [2.24, 2.45) is 39.4 Å². The molecule has 3 heteroatoms. The van der Waals surface area contributed by atoms with Crippen molar-refractivity contribution in [2.75, 3.05) is 0 Å². The van der Waals surface area contributed by atoms with Crippen molar-refractivity contribution < 1.29 is 49.0 Å². The Morgan fingerprint density at radius 3 is 1.84 bits per heavy atom. The maximum atomic E-state index is 2.62. The van der Waals surface area contributed by atoms with Crippen LogP contribution < -0.4 is 24.8 Å². The fourth-order valence-electron chi connectivity index (χ4n) is 11.0. The van der Waals surface area contributed by atoms with Crippen LogP contribution in [0.15, 0.2) is 83.5 Å². The fourth-order valence-corrected chi connectivity index (χ4v) is 12.5. The first-order valence-electron chi connectivity index (χ1n) is 19.7.